The summed E-state index contributed by atoms with van der Waals surface area (Å²) in [5.74, 6) is -5.49. The van der Waals surface area contributed by atoms with E-state index in [-0.39, 0.29) is 22.9 Å². The molecule has 3 aliphatic heterocycles. The van der Waals surface area contributed by atoms with Crippen molar-refractivity contribution in [3.63, 3.8) is 0 Å². The van der Waals surface area contributed by atoms with E-state index in [1.165, 1.54) is 24.3 Å². The highest BCUT2D eigenvalue weighted by Gasteiger charge is 2.72. The Kier molecular flexibility index (Phi) is 5.75. The normalized spacial score (nSPS) is 27.2. The Balaban J connectivity index is 1.73. The summed E-state index contributed by atoms with van der Waals surface area (Å²) in [4.78, 5) is 63.3. The van der Waals surface area contributed by atoms with Gasteiger partial charge < -0.3 is 18.9 Å². The number of fused-ring (bicyclic) bond motifs is 5. The minimum atomic E-state index is -1.66. The maximum Gasteiger partial charge on any atom is 0.339 e. The van der Waals surface area contributed by atoms with E-state index in [0.29, 0.717) is 0 Å². The zero-order chi connectivity index (χ0) is 24.1. The van der Waals surface area contributed by atoms with Gasteiger partial charge in [0.25, 0.3) is 6.29 Å². The molecule has 2 bridgehead atoms. The summed E-state index contributed by atoms with van der Waals surface area (Å²) in [5, 5.41) is 0.0998. The highest BCUT2D eigenvalue weighted by atomic mass is 35.5. The number of rotatable bonds is 6. The number of hydrogen-bond acceptors (Lipinski definition) is 9. The zero-order valence-corrected chi connectivity index (χ0v) is 18.7. The third-order valence-electron chi connectivity index (χ3n) is 5.70. The van der Waals surface area contributed by atoms with E-state index in [2.05, 4.69) is 0 Å². The van der Waals surface area contributed by atoms with Crippen LogP contribution in [-0.2, 0) is 38.1 Å². The molecule has 3 heterocycles. The average molecular weight is 478 g/mol. The van der Waals surface area contributed by atoms with E-state index in [4.69, 9.17) is 30.5 Å². The van der Waals surface area contributed by atoms with Gasteiger partial charge in [-0.25, -0.2) is 9.69 Å². The van der Waals surface area contributed by atoms with Crippen LogP contribution in [0.3, 0.4) is 0 Å². The van der Waals surface area contributed by atoms with E-state index in [1.807, 2.05) is 0 Å². The Hall–Kier alpha value is -3.24. The van der Waals surface area contributed by atoms with Gasteiger partial charge in [-0.3, -0.25) is 19.2 Å². The highest BCUT2D eigenvalue weighted by molar-refractivity contribution is 6.34. The number of ether oxygens (including phenoxy) is 4. The molecule has 1 aromatic rings. The molecule has 0 spiro atoms. The van der Waals surface area contributed by atoms with Gasteiger partial charge in [0.05, 0.1) is 40.8 Å². The molecule has 174 valence electrons. The van der Waals surface area contributed by atoms with Crippen LogP contribution in [0.1, 0.15) is 31.1 Å². The number of imide groups is 1. The molecule has 0 saturated carbocycles. The number of hydrogen-bond donors (Lipinski definition) is 0. The molecular formula is C22H20ClNO9. The van der Waals surface area contributed by atoms with Crippen LogP contribution in [0.15, 0.2) is 30.4 Å². The lowest BCUT2D eigenvalue weighted by Gasteiger charge is -2.34. The molecule has 0 aliphatic carbocycles. The number of anilines is 1. The van der Waals surface area contributed by atoms with Crippen molar-refractivity contribution in [1.29, 1.82) is 0 Å². The molecule has 4 rings (SSSR count). The van der Waals surface area contributed by atoms with E-state index < -0.39 is 59.6 Å². The van der Waals surface area contributed by atoms with E-state index >= 15 is 0 Å². The largest absolute Gasteiger partial charge is 0.462 e. The van der Waals surface area contributed by atoms with Gasteiger partial charge in [0.2, 0.25) is 11.8 Å². The lowest BCUT2D eigenvalue weighted by molar-refractivity contribution is -0.226. The van der Waals surface area contributed by atoms with Crippen molar-refractivity contribution in [2.45, 2.75) is 38.8 Å². The molecule has 1 aromatic carbocycles. The second-order valence-corrected chi connectivity index (χ2v) is 8.15. The first-order valence-corrected chi connectivity index (χ1v) is 10.5. The predicted octanol–water partition coefficient (Wildman–Crippen LogP) is 1.78. The molecule has 0 unspecified atom stereocenters. The van der Waals surface area contributed by atoms with Crippen molar-refractivity contribution in [3.8, 4) is 0 Å². The lowest BCUT2D eigenvalue weighted by Crippen LogP contribution is -2.52. The molecule has 4 atom stereocenters. The standard InChI is InChI=1S/C22H20ClNO9/c1-4-30-20(29)13-9-12(5-6-14(13)23)24-18(27)16-15-7-8-22(33-15,17(16)19(24)28)21(31-10(2)25)32-11(3)26/h5-9,15-17,21H,4H2,1-3H3/t15-,16-,17+,22+/m1/s1. The molecule has 3 aliphatic rings. The van der Waals surface area contributed by atoms with Gasteiger partial charge in [-0.05, 0) is 31.2 Å². The Morgan fingerprint density at radius 1 is 1.15 bits per heavy atom. The summed E-state index contributed by atoms with van der Waals surface area (Å²) < 4.78 is 21.2. The fourth-order valence-corrected chi connectivity index (χ4v) is 4.68. The summed E-state index contributed by atoms with van der Waals surface area (Å²) in [6.07, 6.45) is 0.695. The second kappa shape index (κ2) is 8.27. The second-order valence-electron chi connectivity index (χ2n) is 7.75. The van der Waals surface area contributed by atoms with Crippen molar-refractivity contribution in [2.75, 3.05) is 11.5 Å². The Labute approximate surface area is 193 Å². The maximum atomic E-state index is 13.5. The van der Waals surface area contributed by atoms with E-state index in [9.17, 15) is 24.0 Å². The maximum absolute atomic E-state index is 13.5. The molecule has 11 heteroatoms. The third kappa shape index (κ3) is 3.59. The SMILES string of the molecule is CCOC(=O)c1cc(N2C(=O)[C@H]3[C@@H](C2=O)[C@]2(C(OC(C)=O)OC(C)=O)C=C[C@H]3O2)ccc1Cl. The first-order chi connectivity index (χ1) is 15.6. The summed E-state index contributed by atoms with van der Waals surface area (Å²) in [6, 6.07) is 4.12. The van der Waals surface area contributed by atoms with Crippen molar-refractivity contribution in [2.24, 2.45) is 11.8 Å². The monoisotopic (exact) mass is 477 g/mol. The fraction of sp³-hybridized carbons (Fsp3) is 0.409. The van der Waals surface area contributed by atoms with Crippen molar-refractivity contribution >= 4 is 47.0 Å². The Morgan fingerprint density at radius 3 is 2.42 bits per heavy atom. The van der Waals surface area contributed by atoms with Crippen LogP contribution in [0.5, 0.6) is 0 Å². The van der Waals surface area contributed by atoms with Gasteiger partial charge in [0.15, 0.2) is 5.60 Å². The number of esters is 3. The van der Waals surface area contributed by atoms with Crippen LogP contribution in [0, 0.1) is 11.8 Å². The lowest BCUT2D eigenvalue weighted by atomic mass is 9.76. The number of amides is 2. The topological polar surface area (TPSA) is 126 Å². The Morgan fingerprint density at radius 2 is 1.82 bits per heavy atom. The van der Waals surface area contributed by atoms with Crippen LogP contribution in [0.25, 0.3) is 0 Å². The number of halogens is 1. The van der Waals surface area contributed by atoms with Gasteiger partial charge in [-0.15, -0.1) is 0 Å². The minimum absolute atomic E-state index is 0.00145. The van der Waals surface area contributed by atoms with Gasteiger partial charge in [0.1, 0.15) is 0 Å². The van der Waals surface area contributed by atoms with Crippen molar-refractivity contribution in [1.82, 2.24) is 0 Å². The van der Waals surface area contributed by atoms with E-state index in [1.54, 1.807) is 13.0 Å². The predicted molar refractivity (Wildman–Crippen MR) is 111 cm³/mol. The summed E-state index contributed by atoms with van der Waals surface area (Å²) in [7, 11) is 0. The van der Waals surface area contributed by atoms with Crippen LogP contribution in [0.4, 0.5) is 5.69 Å². The number of carbonyl (C=O) groups is 5. The van der Waals surface area contributed by atoms with Gasteiger partial charge >= 0.3 is 17.9 Å². The van der Waals surface area contributed by atoms with Crippen molar-refractivity contribution in [3.05, 3.63) is 40.9 Å². The summed E-state index contributed by atoms with van der Waals surface area (Å²) in [6.45, 7) is 3.99. The zero-order valence-electron chi connectivity index (χ0n) is 17.9. The molecule has 2 fully saturated rings. The molecule has 0 radical (unpaired) electrons. The summed E-state index contributed by atoms with van der Waals surface area (Å²) in [5.41, 5.74) is -1.54. The molecular weight excluding hydrogens is 458 g/mol. The third-order valence-corrected chi connectivity index (χ3v) is 6.03. The fourth-order valence-electron chi connectivity index (χ4n) is 4.49. The van der Waals surface area contributed by atoms with Crippen molar-refractivity contribution < 1.29 is 42.9 Å². The minimum Gasteiger partial charge on any atom is -0.462 e. The number of benzene rings is 1. The van der Waals surface area contributed by atoms with Crippen LogP contribution in [-0.4, -0.2) is 54.3 Å². The van der Waals surface area contributed by atoms with Gasteiger partial charge in [-0.1, -0.05) is 17.7 Å². The van der Waals surface area contributed by atoms with E-state index in [0.717, 1.165) is 18.7 Å². The van der Waals surface area contributed by atoms with Crippen LogP contribution < -0.4 is 4.90 Å². The molecule has 33 heavy (non-hydrogen) atoms. The van der Waals surface area contributed by atoms with Crippen LogP contribution in [0.2, 0.25) is 5.02 Å². The quantitative estimate of drug-likeness (QED) is 0.261. The number of carbonyl (C=O) groups excluding carboxylic acids is 5. The molecule has 2 saturated heterocycles. The molecule has 0 N–H and O–H groups in total. The molecule has 0 aromatic heterocycles. The summed E-state index contributed by atoms with van der Waals surface area (Å²) >= 11 is 6.10. The first-order valence-electron chi connectivity index (χ1n) is 10.2. The smallest absolute Gasteiger partial charge is 0.339 e. The Bertz CT molecular complexity index is 1080. The number of nitrogens with zero attached hydrogens (tertiary/aromatic N) is 1. The average Bonchev–Trinajstić information content (AvgIpc) is 3.39. The highest BCUT2D eigenvalue weighted by Crippen LogP contribution is 2.54. The molecule has 2 amide bonds. The van der Waals surface area contributed by atoms with Crippen LogP contribution >= 0.6 is 11.6 Å². The van der Waals surface area contributed by atoms with Gasteiger partial charge in [-0.2, -0.15) is 0 Å². The first kappa shape index (κ1) is 22.9. The molecule has 10 nitrogen and oxygen atoms in total. The van der Waals surface area contributed by atoms with Gasteiger partial charge in [0, 0.05) is 13.8 Å².